The third-order valence-corrected chi connectivity index (χ3v) is 3.70. The number of hydrazone groups is 1. The highest BCUT2D eigenvalue weighted by Crippen LogP contribution is 2.11. The molecule has 1 aromatic carbocycles. The zero-order valence-electron chi connectivity index (χ0n) is 11.8. The molecule has 116 valence electrons. The molecule has 0 atom stereocenters. The summed E-state index contributed by atoms with van der Waals surface area (Å²) in [6.07, 6.45) is 3.09. The molecule has 9 heteroatoms. The third-order valence-electron chi connectivity index (χ3n) is 2.89. The number of aromatic nitrogens is 4. The maximum Gasteiger partial charge on any atom is 0.244 e. The van der Waals surface area contributed by atoms with E-state index >= 15 is 0 Å². The molecule has 0 aliphatic carbocycles. The Morgan fingerprint density at radius 2 is 2.13 bits per heavy atom. The molecular formula is C14H11FN6OS. The minimum atomic E-state index is -0.291. The molecule has 1 N–H and O–H groups in total. The minimum Gasteiger partial charge on any atom is -0.273 e. The molecule has 0 aliphatic rings. The zero-order valence-corrected chi connectivity index (χ0v) is 12.6. The molecular weight excluding hydrogens is 319 g/mol. The molecule has 23 heavy (non-hydrogen) atoms. The van der Waals surface area contributed by atoms with E-state index in [-0.39, 0.29) is 17.5 Å². The van der Waals surface area contributed by atoms with Crippen LogP contribution in [0.4, 0.5) is 4.39 Å². The van der Waals surface area contributed by atoms with Crippen LogP contribution in [0.25, 0.3) is 5.69 Å². The molecule has 0 aliphatic heterocycles. The van der Waals surface area contributed by atoms with Gasteiger partial charge in [0.15, 0.2) is 5.13 Å². The molecule has 0 unspecified atom stereocenters. The van der Waals surface area contributed by atoms with E-state index in [9.17, 15) is 9.18 Å². The van der Waals surface area contributed by atoms with Crippen LogP contribution >= 0.6 is 11.3 Å². The fraction of sp³-hybridized carbons (Fsp3) is 0.0714. The number of nitrogens with zero attached hydrogens (tertiary/aromatic N) is 5. The van der Waals surface area contributed by atoms with Gasteiger partial charge < -0.3 is 0 Å². The zero-order chi connectivity index (χ0) is 16.1. The average molecular weight is 330 g/mol. The molecule has 3 rings (SSSR count). The number of nitrogens with one attached hydrogen (secondary N) is 1. The molecule has 0 fully saturated rings. The SMILES string of the molecule is O=C(Cc1ccc(-n2cnnn2)cc1)NN=Cc1ccc(F)s1. The number of hydrogen-bond donors (Lipinski definition) is 1. The number of carbonyl (C=O) groups is 1. The van der Waals surface area contributed by atoms with E-state index in [2.05, 4.69) is 26.1 Å². The van der Waals surface area contributed by atoms with Crippen LogP contribution in [0.2, 0.25) is 0 Å². The number of hydrogen-bond acceptors (Lipinski definition) is 6. The smallest absolute Gasteiger partial charge is 0.244 e. The van der Waals surface area contributed by atoms with E-state index < -0.39 is 0 Å². The van der Waals surface area contributed by atoms with Crippen molar-refractivity contribution in [2.45, 2.75) is 6.42 Å². The van der Waals surface area contributed by atoms with Crippen molar-refractivity contribution < 1.29 is 9.18 Å². The first-order valence-electron chi connectivity index (χ1n) is 6.60. The van der Waals surface area contributed by atoms with Gasteiger partial charge >= 0.3 is 0 Å². The topological polar surface area (TPSA) is 85.1 Å². The van der Waals surface area contributed by atoms with Gasteiger partial charge in [-0.15, -0.1) is 16.4 Å². The Kier molecular flexibility index (Phi) is 4.48. The van der Waals surface area contributed by atoms with Gasteiger partial charge in [-0.1, -0.05) is 12.1 Å². The molecule has 0 saturated carbocycles. The Bertz CT molecular complexity index is 812. The molecule has 2 aromatic heterocycles. The van der Waals surface area contributed by atoms with Gasteiger partial charge in [-0.05, 0) is 40.3 Å². The molecule has 0 saturated heterocycles. The maximum absolute atomic E-state index is 12.8. The summed E-state index contributed by atoms with van der Waals surface area (Å²) < 4.78 is 14.3. The second kappa shape index (κ2) is 6.88. The van der Waals surface area contributed by atoms with Crippen LogP contribution in [0.5, 0.6) is 0 Å². The van der Waals surface area contributed by atoms with Crippen molar-refractivity contribution in [3.05, 3.63) is 58.3 Å². The molecule has 7 nitrogen and oxygen atoms in total. The van der Waals surface area contributed by atoms with E-state index in [1.54, 1.807) is 6.07 Å². The van der Waals surface area contributed by atoms with Gasteiger partial charge in [-0.2, -0.15) is 9.49 Å². The van der Waals surface area contributed by atoms with Crippen LogP contribution in [-0.4, -0.2) is 32.3 Å². The van der Waals surface area contributed by atoms with Crippen LogP contribution < -0.4 is 5.43 Å². The lowest BCUT2D eigenvalue weighted by atomic mass is 10.1. The van der Waals surface area contributed by atoms with E-state index in [4.69, 9.17) is 0 Å². The first-order valence-corrected chi connectivity index (χ1v) is 7.42. The Hall–Kier alpha value is -2.94. The summed E-state index contributed by atoms with van der Waals surface area (Å²) in [6, 6.07) is 10.2. The first kappa shape index (κ1) is 15.0. The number of rotatable bonds is 5. The van der Waals surface area contributed by atoms with Crippen molar-refractivity contribution in [3.8, 4) is 5.69 Å². The van der Waals surface area contributed by atoms with Gasteiger partial charge in [0.25, 0.3) is 0 Å². The van der Waals surface area contributed by atoms with Gasteiger partial charge in [0, 0.05) is 0 Å². The Morgan fingerprint density at radius 1 is 1.30 bits per heavy atom. The normalized spacial score (nSPS) is 11.0. The Morgan fingerprint density at radius 3 is 2.78 bits per heavy atom. The lowest BCUT2D eigenvalue weighted by Crippen LogP contribution is -2.19. The number of thiophene rings is 1. The number of halogens is 1. The summed E-state index contributed by atoms with van der Waals surface area (Å²) in [7, 11) is 0. The predicted molar refractivity (Wildman–Crippen MR) is 82.9 cm³/mol. The Labute approximate surface area is 134 Å². The Balaban J connectivity index is 1.54. The molecule has 0 spiro atoms. The van der Waals surface area contributed by atoms with Crippen molar-refractivity contribution >= 4 is 23.5 Å². The van der Waals surface area contributed by atoms with Crippen molar-refractivity contribution in [2.75, 3.05) is 0 Å². The predicted octanol–water partition coefficient (Wildman–Crippen LogP) is 1.56. The summed E-state index contributed by atoms with van der Waals surface area (Å²) in [4.78, 5) is 12.4. The summed E-state index contributed by atoms with van der Waals surface area (Å²) in [6.45, 7) is 0. The summed E-state index contributed by atoms with van der Waals surface area (Å²) in [5.74, 6) is -0.256. The highest BCUT2D eigenvalue weighted by atomic mass is 32.1. The van der Waals surface area contributed by atoms with Crippen LogP contribution in [0.15, 0.2) is 47.8 Å². The third kappa shape index (κ3) is 4.04. The average Bonchev–Trinajstić information content (AvgIpc) is 3.20. The van der Waals surface area contributed by atoms with Crippen molar-refractivity contribution in [1.82, 2.24) is 25.6 Å². The second-order valence-corrected chi connectivity index (χ2v) is 5.60. The van der Waals surface area contributed by atoms with E-state index in [1.807, 2.05) is 24.3 Å². The quantitative estimate of drug-likeness (QED) is 0.568. The van der Waals surface area contributed by atoms with Crippen molar-refractivity contribution in [3.63, 3.8) is 0 Å². The van der Waals surface area contributed by atoms with Crippen LogP contribution in [0, 0.1) is 5.13 Å². The molecule has 0 radical (unpaired) electrons. The number of tetrazole rings is 1. The number of benzene rings is 1. The summed E-state index contributed by atoms with van der Waals surface area (Å²) >= 11 is 0.958. The highest BCUT2D eigenvalue weighted by molar-refractivity contribution is 7.12. The molecule has 0 bridgehead atoms. The van der Waals surface area contributed by atoms with Crippen LogP contribution in [0.1, 0.15) is 10.4 Å². The summed E-state index contributed by atoms with van der Waals surface area (Å²) in [5, 5.41) is 14.4. The first-order chi connectivity index (χ1) is 11.2. The number of carbonyl (C=O) groups excluding carboxylic acids is 1. The van der Waals surface area contributed by atoms with Gasteiger partial charge in [0.05, 0.1) is 23.2 Å². The van der Waals surface area contributed by atoms with Crippen molar-refractivity contribution in [1.29, 1.82) is 0 Å². The number of amides is 1. The monoisotopic (exact) mass is 330 g/mol. The van der Waals surface area contributed by atoms with Gasteiger partial charge in [-0.25, -0.2) is 10.1 Å². The van der Waals surface area contributed by atoms with E-state index in [0.717, 1.165) is 22.6 Å². The van der Waals surface area contributed by atoms with Crippen molar-refractivity contribution in [2.24, 2.45) is 5.10 Å². The fourth-order valence-electron chi connectivity index (χ4n) is 1.84. The highest BCUT2D eigenvalue weighted by Gasteiger charge is 2.04. The minimum absolute atomic E-state index is 0.187. The molecule has 3 aromatic rings. The largest absolute Gasteiger partial charge is 0.273 e. The molecule has 2 heterocycles. The fourth-order valence-corrected chi connectivity index (χ4v) is 2.44. The van der Waals surface area contributed by atoms with Gasteiger partial charge in [0.2, 0.25) is 5.91 Å². The lowest BCUT2D eigenvalue weighted by Gasteiger charge is -2.02. The maximum atomic E-state index is 12.8. The summed E-state index contributed by atoms with van der Waals surface area (Å²) in [5.41, 5.74) is 4.04. The van der Waals surface area contributed by atoms with Gasteiger partial charge in [-0.3, -0.25) is 4.79 Å². The van der Waals surface area contributed by atoms with Crippen LogP contribution in [0.3, 0.4) is 0 Å². The van der Waals surface area contributed by atoms with Gasteiger partial charge in [0.1, 0.15) is 6.33 Å². The lowest BCUT2D eigenvalue weighted by molar-refractivity contribution is -0.120. The molecule has 1 amide bonds. The van der Waals surface area contributed by atoms with Crippen LogP contribution in [-0.2, 0) is 11.2 Å². The standard InChI is InChI=1S/C14H11FN6OS/c15-13-6-5-12(23-13)8-16-18-14(22)7-10-1-3-11(4-2-10)21-9-17-19-20-21/h1-6,8-9H,7H2,(H,18,22). The van der Waals surface area contributed by atoms with E-state index in [0.29, 0.717) is 4.88 Å². The second-order valence-electron chi connectivity index (χ2n) is 4.53. The van der Waals surface area contributed by atoms with E-state index in [1.165, 1.54) is 23.3 Å².